The van der Waals surface area contributed by atoms with Crippen molar-refractivity contribution in [1.29, 1.82) is 0 Å². The third-order valence-electron chi connectivity index (χ3n) is 3.82. The lowest BCUT2D eigenvalue weighted by Crippen LogP contribution is -2.37. The van der Waals surface area contributed by atoms with Crippen LogP contribution in [0.1, 0.15) is 26.9 Å². The van der Waals surface area contributed by atoms with Crippen molar-refractivity contribution in [1.82, 2.24) is 4.90 Å². The molecule has 0 saturated heterocycles. The zero-order valence-electron chi connectivity index (χ0n) is 11.7. The lowest BCUT2D eigenvalue weighted by atomic mass is 10.0. The van der Waals surface area contributed by atoms with E-state index in [0.717, 1.165) is 13.0 Å². The number of carbonyl (C=O) groups is 1. The number of fused-ring (bicyclic) bond motifs is 1. The number of hydrogen-bond donors (Lipinski definition) is 1. The minimum atomic E-state index is -0.849. The fourth-order valence-electron chi connectivity index (χ4n) is 2.91. The molecule has 2 heterocycles. The van der Waals surface area contributed by atoms with Crippen molar-refractivity contribution < 1.29 is 9.90 Å². The van der Waals surface area contributed by atoms with E-state index < -0.39 is 12.0 Å². The highest BCUT2D eigenvalue weighted by molar-refractivity contribution is 7.12. The number of benzene rings is 1. The van der Waals surface area contributed by atoms with E-state index in [0.29, 0.717) is 17.1 Å². The largest absolute Gasteiger partial charge is 0.480 e. The standard InChI is InChI=1S/C16H16ClNO2S/c1-10-8-11-9-18(7-6-14(11)21-10)15(16(19)20)12-4-2-3-5-13(12)17/h2-5,8,15H,6-7,9H2,1H3,(H,19,20). The van der Waals surface area contributed by atoms with Gasteiger partial charge < -0.3 is 5.11 Å². The topological polar surface area (TPSA) is 40.5 Å². The van der Waals surface area contributed by atoms with Crippen LogP contribution in [-0.4, -0.2) is 22.5 Å². The van der Waals surface area contributed by atoms with Gasteiger partial charge in [-0.3, -0.25) is 9.69 Å². The number of carboxylic acids is 1. The maximum Gasteiger partial charge on any atom is 0.325 e. The molecule has 1 unspecified atom stereocenters. The quantitative estimate of drug-likeness (QED) is 0.932. The van der Waals surface area contributed by atoms with Crippen LogP contribution in [0.25, 0.3) is 0 Å². The lowest BCUT2D eigenvalue weighted by Gasteiger charge is -2.32. The van der Waals surface area contributed by atoms with E-state index in [1.54, 1.807) is 12.1 Å². The Balaban J connectivity index is 1.93. The normalized spacial score (nSPS) is 16.5. The number of hydrogen-bond acceptors (Lipinski definition) is 3. The highest BCUT2D eigenvalue weighted by Crippen LogP contribution is 2.34. The Morgan fingerprint density at radius 3 is 2.90 bits per heavy atom. The van der Waals surface area contributed by atoms with E-state index in [4.69, 9.17) is 11.6 Å². The first kappa shape index (κ1) is 14.6. The molecule has 1 aromatic heterocycles. The number of carboxylic acid groups (broad SMARTS) is 1. The summed E-state index contributed by atoms with van der Waals surface area (Å²) in [6.07, 6.45) is 0.905. The molecule has 0 amide bonds. The Morgan fingerprint density at radius 1 is 1.43 bits per heavy atom. The fourth-order valence-corrected chi connectivity index (χ4v) is 4.18. The molecular formula is C16H16ClNO2S. The molecule has 1 N–H and O–H groups in total. The number of aryl methyl sites for hydroxylation is 1. The van der Waals surface area contributed by atoms with Crippen molar-refractivity contribution in [3.63, 3.8) is 0 Å². The Morgan fingerprint density at radius 2 is 2.19 bits per heavy atom. The number of halogens is 1. The zero-order chi connectivity index (χ0) is 15.0. The highest BCUT2D eigenvalue weighted by atomic mass is 35.5. The molecule has 0 aliphatic carbocycles. The second-order valence-electron chi connectivity index (χ2n) is 5.29. The van der Waals surface area contributed by atoms with Gasteiger partial charge in [0.15, 0.2) is 0 Å². The number of nitrogens with zero attached hydrogens (tertiary/aromatic N) is 1. The third-order valence-corrected chi connectivity index (χ3v) is 5.31. The molecule has 0 saturated carbocycles. The molecule has 1 aliphatic rings. The van der Waals surface area contributed by atoms with E-state index in [-0.39, 0.29) is 0 Å². The molecular weight excluding hydrogens is 306 g/mol. The van der Waals surface area contributed by atoms with Crippen LogP contribution in [0.15, 0.2) is 30.3 Å². The van der Waals surface area contributed by atoms with Gasteiger partial charge >= 0.3 is 5.97 Å². The van der Waals surface area contributed by atoms with Crippen molar-refractivity contribution in [3.8, 4) is 0 Å². The maximum absolute atomic E-state index is 11.8. The summed E-state index contributed by atoms with van der Waals surface area (Å²) in [6, 6.07) is 8.68. The summed E-state index contributed by atoms with van der Waals surface area (Å²) in [7, 11) is 0. The Bertz CT molecular complexity index is 683. The number of rotatable bonds is 3. The van der Waals surface area contributed by atoms with Crippen LogP contribution < -0.4 is 0 Å². The smallest absolute Gasteiger partial charge is 0.325 e. The molecule has 1 atom stereocenters. The van der Waals surface area contributed by atoms with E-state index in [2.05, 4.69) is 13.0 Å². The van der Waals surface area contributed by atoms with Gasteiger partial charge in [0, 0.05) is 27.9 Å². The molecule has 2 aromatic rings. The van der Waals surface area contributed by atoms with Crippen molar-refractivity contribution in [2.45, 2.75) is 25.9 Å². The van der Waals surface area contributed by atoms with Crippen LogP contribution in [0.2, 0.25) is 5.02 Å². The molecule has 3 rings (SSSR count). The first-order valence-corrected chi connectivity index (χ1v) is 8.05. The summed E-state index contributed by atoms with van der Waals surface area (Å²) in [5.74, 6) is -0.849. The molecule has 21 heavy (non-hydrogen) atoms. The minimum absolute atomic E-state index is 0.511. The van der Waals surface area contributed by atoms with Gasteiger partial charge in [0.2, 0.25) is 0 Å². The number of aliphatic carboxylic acids is 1. The molecule has 0 radical (unpaired) electrons. The molecule has 3 nitrogen and oxygen atoms in total. The van der Waals surface area contributed by atoms with E-state index in [1.807, 2.05) is 28.4 Å². The van der Waals surface area contributed by atoms with Crippen LogP contribution >= 0.6 is 22.9 Å². The van der Waals surface area contributed by atoms with Crippen molar-refractivity contribution in [3.05, 3.63) is 56.2 Å². The first-order chi connectivity index (χ1) is 10.1. The fraction of sp³-hybridized carbons (Fsp3) is 0.312. The second kappa shape index (κ2) is 5.79. The van der Waals surface area contributed by atoms with E-state index >= 15 is 0 Å². The summed E-state index contributed by atoms with van der Waals surface area (Å²) in [5, 5.41) is 10.2. The molecule has 0 bridgehead atoms. The van der Waals surface area contributed by atoms with Crippen molar-refractivity contribution in [2.24, 2.45) is 0 Å². The monoisotopic (exact) mass is 321 g/mol. The average Bonchev–Trinajstić information content (AvgIpc) is 2.80. The van der Waals surface area contributed by atoms with Gasteiger partial charge in [0.25, 0.3) is 0 Å². The van der Waals surface area contributed by atoms with Gasteiger partial charge in [-0.1, -0.05) is 29.8 Å². The highest BCUT2D eigenvalue weighted by Gasteiger charge is 2.32. The molecule has 0 spiro atoms. The van der Waals surface area contributed by atoms with Gasteiger partial charge in [-0.2, -0.15) is 0 Å². The molecule has 110 valence electrons. The van der Waals surface area contributed by atoms with Crippen LogP contribution in [-0.2, 0) is 17.8 Å². The summed E-state index contributed by atoms with van der Waals surface area (Å²) >= 11 is 8.01. The Hall–Kier alpha value is -1.36. The summed E-state index contributed by atoms with van der Waals surface area (Å²) in [5.41, 5.74) is 1.92. The molecule has 1 aliphatic heterocycles. The third kappa shape index (κ3) is 2.84. The van der Waals surface area contributed by atoms with Crippen LogP contribution in [0.5, 0.6) is 0 Å². The van der Waals surface area contributed by atoms with Gasteiger partial charge in [-0.05, 0) is 36.6 Å². The predicted molar refractivity (Wildman–Crippen MR) is 85.0 cm³/mol. The van der Waals surface area contributed by atoms with Gasteiger partial charge in [0.05, 0.1) is 0 Å². The van der Waals surface area contributed by atoms with E-state index in [1.165, 1.54) is 15.3 Å². The van der Waals surface area contributed by atoms with Gasteiger partial charge in [-0.25, -0.2) is 0 Å². The van der Waals surface area contributed by atoms with Crippen LogP contribution in [0, 0.1) is 6.92 Å². The Kier molecular flexibility index (Phi) is 4.02. The lowest BCUT2D eigenvalue weighted by molar-refractivity contribution is -0.144. The summed E-state index contributed by atoms with van der Waals surface area (Å²) in [4.78, 5) is 16.4. The molecule has 5 heteroatoms. The Labute approximate surface area is 132 Å². The number of thiophene rings is 1. The minimum Gasteiger partial charge on any atom is -0.480 e. The summed E-state index contributed by atoms with van der Waals surface area (Å²) in [6.45, 7) is 3.51. The SMILES string of the molecule is Cc1cc2c(s1)CCN(C(C(=O)O)c1ccccc1Cl)C2. The molecule has 0 fully saturated rings. The van der Waals surface area contributed by atoms with Crippen LogP contribution in [0.3, 0.4) is 0 Å². The summed E-state index contributed by atoms with van der Waals surface area (Å²) < 4.78 is 0. The van der Waals surface area contributed by atoms with Crippen molar-refractivity contribution >= 4 is 28.9 Å². The maximum atomic E-state index is 11.8. The van der Waals surface area contributed by atoms with Gasteiger partial charge in [-0.15, -0.1) is 11.3 Å². The van der Waals surface area contributed by atoms with Gasteiger partial charge in [0.1, 0.15) is 6.04 Å². The van der Waals surface area contributed by atoms with Crippen molar-refractivity contribution in [2.75, 3.05) is 6.54 Å². The average molecular weight is 322 g/mol. The molecule has 1 aromatic carbocycles. The zero-order valence-corrected chi connectivity index (χ0v) is 13.2. The van der Waals surface area contributed by atoms with Crippen LogP contribution in [0.4, 0.5) is 0 Å². The predicted octanol–water partition coefficient (Wildman–Crippen LogP) is 3.89. The second-order valence-corrected chi connectivity index (χ2v) is 7.04. The van der Waals surface area contributed by atoms with E-state index in [9.17, 15) is 9.90 Å². The first-order valence-electron chi connectivity index (χ1n) is 6.85.